The number of amides is 2. The van der Waals surface area contributed by atoms with E-state index in [1.807, 2.05) is 24.3 Å². The minimum atomic E-state index is -0.332. The van der Waals surface area contributed by atoms with Crippen molar-refractivity contribution in [3.8, 4) is 5.75 Å². The third kappa shape index (κ3) is 4.16. The molecular formula is C18H21NO3S. The van der Waals surface area contributed by atoms with Crippen molar-refractivity contribution in [1.82, 2.24) is 5.32 Å². The summed E-state index contributed by atoms with van der Waals surface area (Å²) in [4.78, 5) is 23.2. The summed E-state index contributed by atoms with van der Waals surface area (Å²) >= 11 is 0.931. The van der Waals surface area contributed by atoms with Crippen LogP contribution in [0.5, 0.6) is 5.75 Å². The SMILES string of the molecule is CC1(COc2cccc(/C=C3\SC(=O)NC3=O)c2)CCCCC1. The molecule has 0 radical (unpaired) electrons. The van der Waals surface area contributed by atoms with Gasteiger partial charge in [0.25, 0.3) is 11.1 Å². The first kappa shape index (κ1) is 16.1. The van der Waals surface area contributed by atoms with Gasteiger partial charge in [-0.2, -0.15) is 0 Å². The summed E-state index contributed by atoms with van der Waals surface area (Å²) < 4.78 is 6.00. The van der Waals surface area contributed by atoms with Gasteiger partial charge in [0.05, 0.1) is 11.5 Å². The number of carbonyl (C=O) groups excluding carboxylic acids is 2. The molecule has 4 nitrogen and oxygen atoms in total. The predicted molar refractivity (Wildman–Crippen MR) is 92.2 cm³/mol. The fourth-order valence-corrected chi connectivity index (χ4v) is 3.76. The van der Waals surface area contributed by atoms with Crippen LogP contribution in [0.15, 0.2) is 29.2 Å². The van der Waals surface area contributed by atoms with Crippen LogP contribution in [0.2, 0.25) is 0 Å². The van der Waals surface area contributed by atoms with E-state index >= 15 is 0 Å². The Labute approximate surface area is 140 Å². The summed E-state index contributed by atoms with van der Waals surface area (Å²) in [5, 5.41) is 1.94. The summed E-state index contributed by atoms with van der Waals surface area (Å²) in [6.07, 6.45) is 8.06. The number of nitrogens with one attached hydrogen (secondary N) is 1. The highest BCUT2D eigenvalue weighted by atomic mass is 32.2. The van der Waals surface area contributed by atoms with Crippen LogP contribution in [-0.4, -0.2) is 17.8 Å². The van der Waals surface area contributed by atoms with E-state index in [0.29, 0.717) is 4.91 Å². The van der Waals surface area contributed by atoms with Gasteiger partial charge in [-0.15, -0.1) is 0 Å². The van der Waals surface area contributed by atoms with Crippen molar-refractivity contribution < 1.29 is 14.3 Å². The molecule has 1 aromatic carbocycles. The average Bonchev–Trinajstić information content (AvgIpc) is 2.84. The second-order valence-corrected chi connectivity index (χ2v) is 7.60. The van der Waals surface area contributed by atoms with Gasteiger partial charge in [0, 0.05) is 5.41 Å². The fraction of sp³-hybridized carbons (Fsp3) is 0.444. The van der Waals surface area contributed by atoms with Gasteiger partial charge >= 0.3 is 0 Å². The first-order valence-corrected chi connectivity index (χ1v) is 8.84. The first-order chi connectivity index (χ1) is 11.0. The predicted octanol–water partition coefficient (Wildman–Crippen LogP) is 4.36. The third-order valence-electron chi connectivity index (χ3n) is 4.45. The minimum Gasteiger partial charge on any atom is -0.493 e. The summed E-state index contributed by atoms with van der Waals surface area (Å²) in [6, 6.07) is 7.65. The molecule has 122 valence electrons. The van der Waals surface area contributed by atoms with Crippen molar-refractivity contribution in [2.45, 2.75) is 39.0 Å². The second-order valence-electron chi connectivity index (χ2n) is 6.58. The Hall–Kier alpha value is -1.75. The van der Waals surface area contributed by atoms with Crippen LogP contribution in [-0.2, 0) is 4.79 Å². The molecule has 1 saturated heterocycles. The van der Waals surface area contributed by atoms with Crippen LogP contribution in [0.4, 0.5) is 4.79 Å². The zero-order chi connectivity index (χ0) is 16.3. The molecule has 0 atom stereocenters. The van der Waals surface area contributed by atoms with E-state index in [1.165, 1.54) is 32.1 Å². The van der Waals surface area contributed by atoms with Gasteiger partial charge in [0.15, 0.2) is 0 Å². The van der Waals surface area contributed by atoms with E-state index in [1.54, 1.807) is 6.08 Å². The lowest BCUT2D eigenvalue weighted by Gasteiger charge is -2.33. The number of hydrogen-bond donors (Lipinski definition) is 1. The zero-order valence-electron chi connectivity index (χ0n) is 13.3. The van der Waals surface area contributed by atoms with Gasteiger partial charge in [0.1, 0.15) is 5.75 Å². The molecule has 2 aliphatic rings. The minimum absolute atomic E-state index is 0.264. The Balaban J connectivity index is 1.67. The van der Waals surface area contributed by atoms with Crippen molar-refractivity contribution in [3.63, 3.8) is 0 Å². The second kappa shape index (κ2) is 6.79. The highest BCUT2D eigenvalue weighted by Gasteiger charge is 2.28. The van der Waals surface area contributed by atoms with Crippen molar-refractivity contribution in [1.29, 1.82) is 0 Å². The molecule has 1 aromatic rings. The van der Waals surface area contributed by atoms with Gasteiger partial charge in [-0.3, -0.25) is 14.9 Å². The van der Waals surface area contributed by atoms with E-state index in [4.69, 9.17) is 4.74 Å². The Kier molecular flexibility index (Phi) is 4.76. The maximum atomic E-state index is 11.6. The molecule has 0 unspecified atom stereocenters. The van der Waals surface area contributed by atoms with E-state index in [-0.39, 0.29) is 16.6 Å². The summed E-state index contributed by atoms with van der Waals surface area (Å²) in [5.41, 5.74) is 1.13. The highest BCUT2D eigenvalue weighted by molar-refractivity contribution is 8.18. The van der Waals surface area contributed by atoms with E-state index in [2.05, 4.69) is 12.2 Å². The molecule has 23 heavy (non-hydrogen) atoms. The molecule has 3 rings (SSSR count). The molecular weight excluding hydrogens is 310 g/mol. The van der Waals surface area contributed by atoms with Gasteiger partial charge in [0.2, 0.25) is 0 Å². The lowest BCUT2D eigenvalue weighted by molar-refractivity contribution is -0.115. The van der Waals surface area contributed by atoms with Crippen molar-refractivity contribution in [2.24, 2.45) is 5.41 Å². The standard InChI is InChI=1S/C18H21NO3S/c1-18(8-3-2-4-9-18)12-22-14-7-5-6-13(10-14)11-15-16(20)19-17(21)23-15/h5-7,10-11H,2-4,8-9,12H2,1H3,(H,19,20,21)/b15-11-. The van der Waals surface area contributed by atoms with Gasteiger partial charge in [-0.05, 0) is 48.4 Å². The first-order valence-electron chi connectivity index (χ1n) is 8.02. The van der Waals surface area contributed by atoms with Crippen LogP contribution in [0.3, 0.4) is 0 Å². The van der Waals surface area contributed by atoms with E-state index in [0.717, 1.165) is 29.7 Å². The smallest absolute Gasteiger partial charge is 0.290 e. The number of benzene rings is 1. The van der Waals surface area contributed by atoms with Crippen LogP contribution < -0.4 is 10.1 Å². The van der Waals surface area contributed by atoms with Crippen LogP contribution >= 0.6 is 11.8 Å². The molecule has 1 N–H and O–H groups in total. The van der Waals surface area contributed by atoms with Gasteiger partial charge in [-0.25, -0.2) is 0 Å². The Bertz CT molecular complexity index is 647. The van der Waals surface area contributed by atoms with Crippen LogP contribution in [0.25, 0.3) is 6.08 Å². The number of hydrogen-bond acceptors (Lipinski definition) is 4. The normalized spacial score (nSPS) is 22.2. The lowest BCUT2D eigenvalue weighted by atomic mass is 9.76. The number of carbonyl (C=O) groups is 2. The fourth-order valence-electron chi connectivity index (χ4n) is 3.07. The molecule has 1 aliphatic carbocycles. The number of imide groups is 1. The Morgan fingerprint density at radius 1 is 1.26 bits per heavy atom. The summed E-state index contributed by atoms with van der Waals surface area (Å²) in [6.45, 7) is 3.02. The topological polar surface area (TPSA) is 55.4 Å². The molecule has 5 heteroatoms. The largest absolute Gasteiger partial charge is 0.493 e. The summed E-state index contributed by atoms with van der Waals surface area (Å²) in [7, 11) is 0. The third-order valence-corrected chi connectivity index (χ3v) is 5.26. The van der Waals surface area contributed by atoms with Crippen molar-refractivity contribution in [3.05, 3.63) is 34.7 Å². The van der Waals surface area contributed by atoms with Gasteiger partial charge in [-0.1, -0.05) is 38.3 Å². The number of thioether (sulfide) groups is 1. The molecule has 0 aromatic heterocycles. The molecule has 1 aliphatic heterocycles. The lowest BCUT2D eigenvalue weighted by Crippen LogP contribution is -2.27. The Morgan fingerprint density at radius 3 is 2.74 bits per heavy atom. The molecule has 2 amide bonds. The van der Waals surface area contributed by atoms with E-state index in [9.17, 15) is 9.59 Å². The maximum absolute atomic E-state index is 11.6. The van der Waals surface area contributed by atoms with E-state index < -0.39 is 0 Å². The summed E-state index contributed by atoms with van der Waals surface area (Å²) in [5.74, 6) is 0.474. The zero-order valence-corrected chi connectivity index (χ0v) is 14.1. The highest BCUT2D eigenvalue weighted by Crippen LogP contribution is 2.36. The molecule has 0 bridgehead atoms. The quantitative estimate of drug-likeness (QED) is 0.833. The molecule has 1 saturated carbocycles. The Morgan fingerprint density at radius 2 is 2.04 bits per heavy atom. The van der Waals surface area contributed by atoms with Gasteiger partial charge < -0.3 is 4.74 Å². The monoisotopic (exact) mass is 331 g/mol. The van der Waals surface area contributed by atoms with Crippen molar-refractivity contribution >= 4 is 29.0 Å². The maximum Gasteiger partial charge on any atom is 0.290 e. The molecule has 2 fully saturated rings. The molecule has 1 heterocycles. The van der Waals surface area contributed by atoms with Crippen LogP contribution in [0, 0.1) is 5.41 Å². The van der Waals surface area contributed by atoms with Crippen molar-refractivity contribution in [2.75, 3.05) is 6.61 Å². The number of ether oxygens (including phenoxy) is 1. The number of rotatable bonds is 4. The molecule has 0 spiro atoms. The average molecular weight is 331 g/mol. The van der Waals surface area contributed by atoms with Crippen LogP contribution in [0.1, 0.15) is 44.6 Å².